The summed E-state index contributed by atoms with van der Waals surface area (Å²) in [4.78, 5) is 12.4. The molecule has 5 heteroatoms. The first-order chi connectivity index (χ1) is 10.1. The summed E-state index contributed by atoms with van der Waals surface area (Å²) in [5, 5.41) is 9.96. The minimum Gasteiger partial charge on any atom is -0.497 e. The number of aromatic nitrogens is 2. The molecule has 112 valence electrons. The molecule has 0 fully saturated rings. The molecule has 0 aliphatic heterocycles. The first kappa shape index (κ1) is 15.1. The van der Waals surface area contributed by atoms with Gasteiger partial charge in [0.2, 0.25) is 0 Å². The number of methoxy groups -OCH3 is 1. The molecule has 21 heavy (non-hydrogen) atoms. The zero-order valence-corrected chi connectivity index (χ0v) is 12.9. The number of carbonyl (C=O) groups is 1. The summed E-state index contributed by atoms with van der Waals surface area (Å²) >= 11 is 0. The lowest BCUT2D eigenvalue weighted by molar-refractivity contribution is 0.0934. The van der Waals surface area contributed by atoms with Gasteiger partial charge < -0.3 is 10.1 Å². The molecule has 0 saturated heterocycles. The van der Waals surface area contributed by atoms with Crippen LogP contribution in [0, 0.1) is 13.8 Å². The number of ether oxygens (including phenoxy) is 1. The normalized spacial score (nSPS) is 12.0. The maximum absolute atomic E-state index is 12.4. The molecule has 0 radical (unpaired) electrons. The van der Waals surface area contributed by atoms with E-state index in [0.717, 1.165) is 29.1 Å². The molecule has 1 atom stereocenters. The number of H-pyrrole nitrogens is 1. The Morgan fingerprint density at radius 1 is 1.33 bits per heavy atom. The van der Waals surface area contributed by atoms with E-state index in [1.807, 2.05) is 45.0 Å². The van der Waals surface area contributed by atoms with E-state index in [2.05, 4.69) is 15.5 Å². The average Bonchev–Trinajstić information content (AvgIpc) is 2.84. The number of aromatic amines is 1. The highest BCUT2D eigenvalue weighted by molar-refractivity contribution is 5.96. The van der Waals surface area contributed by atoms with E-state index in [1.165, 1.54) is 0 Å². The topological polar surface area (TPSA) is 67.0 Å². The van der Waals surface area contributed by atoms with Gasteiger partial charge >= 0.3 is 0 Å². The molecule has 1 aromatic heterocycles. The van der Waals surface area contributed by atoms with E-state index in [0.29, 0.717) is 5.56 Å². The lowest BCUT2D eigenvalue weighted by atomic mass is 10.0. The van der Waals surface area contributed by atoms with Crippen molar-refractivity contribution >= 4 is 5.91 Å². The van der Waals surface area contributed by atoms with Crippen molar-refractivity contribution in [3.8, 4) is 5.75 Å². The molecule has 0 aliphatic carbocycles. The van der Waals surface area contributed by atoms with Crippen molar-refractivity contribution in [1.82, 2.24) is 15.5 Å². The number of carbonyl (C=O) groups excluding carboxylic acids is 1. The summed E-state index contributed by atoms with van der Waals surface area (Å²) in [5.41, 5.74) is 3.19. The quantitative estimate of drug-likeness (QED) is 0.888. The summed E-state index contributed by atoms with van der Waals surface area (Å²) in [6.07, 6.45) is 0.814. The molecule has 1 unspecified atom stereocenters. The van der Waals surface area contributed by atoms with Crippen LogP contribution in [-0.4, -0.2) is 23.2 Å². The number of amides is 1. The van der Waals surface area contributed by atoms with E-state index < -0.39 is 0 Å². The average molecular weight is 287 g/mol. The first-order valence-corrected chi connectivity index (χ1v) is 7.03. The number of hydrogen-bond donors (Lipinski definition) is 2. The smallest absolute Gasteiger partial charge is 0.255 e. The largest absolute Gasteiger partial charge is 0.497 e. The Balaban J connectivity index is 2.16. The predicted molar refractivity (Wildman–Crippen MR) is 81.6 cm³/mol. The SMILES string of the molecule is CCC(NC(=O)c1c(C)n[nH]c1C)c1ccc(OC)cc1. The minimum absolute atomic E-state index is 0.0305. The van der Waals surface area contributed by atoms with Gasteiger partial charge in [-0.2, -0.15) is 5.10 Å². The Kier molecular flexibility index (Phi) is 4.62. The predicted octanol–water partition coefficient (Wildman–Crippen LogP) is 2.92. The van der Waals surface area contributed by atoms with E-state index in [-0.39, 0.29) is 11.9 Å². The van der Waals surface area contributed by atoms with Gasteiger partial charge in [-0.25, -0.2) is 0 Å². The second-order valence-corrected chi connectivity index (χ2v) is 5.02. The molecule has 0 bridgehead atoms. The highest BCUT2D eigenvalue weighted by Gasteiger charge is 2.19. The van der Waals surface area contributed by atoms with Crippen molar-refractivity contribution in [2.75, 3.05) is 7.11 Å². The van der Waals surface area contributed by atoms with Gasteiger partial charge in [-0.05, 0) is 38.0 Å². The van der Waals surface area contributed by atoms with Crippen molar-refractivity contribution in [2.45, 2.75) is 33.2 Å². The van der Waals surface area contributed by atoms with Crippen LogP contribution in [0.3, 0.4) is 0 Å². The lowest BCUT2D eigenvalue weighted by Gasteiger charge is -2.18. The van der Waals surface area contributed by atoms with Crippen molar-refractivity contribution in [2.24, 2.45) is 0 Å². The van der Waals surface area contributed by atoms with Crippen molar-refractivity contribution in [3.05, 3.63) is 46.8 Å². The molecule has 0 saturated carbocycles. The third-order valence-corrected chi connectivity index (χ3v) is 3.59. The maximum atomic E-state index is 12.4. The molecule has 0 aliphatic rings. The van der Waals surface area contributed by atoms with Gasteiger partial charge in [-0.3, -0.25) is 9.89 Å². The molecule has 5 nitrogen and oxygen atoms in total. The van der Waals surface area contributed by atoms with E-state index in [1.54, 1.807) is 7.11 Å². The van der Waals surface area contributed by atoms with E-state index in [4.69, 9.17) is 4.74 Å². The number of nitrogens with one attached hydrogen (secondary N) is 2. The highest BCUT2D eigenvalue weighted by atomic mass is 16.5. The van der Waals surface area contributed by atoms with E-state index >= 15 is 0 Å². The third-order valence-electron chi connectivity index (χ3n) is 3.59. The van der Waals surface area contributed by atoms with Gasteiger partial charge in [-0.15, -0.1) is 0 Å². The standard InChI is InChI=1S/C16H21N3O2/c1-5-14(12-6-8-13(21-4)9-7-12)17-16(20)15-10(2)18-19-11(15)3/h6-9,14H,5H2,1-4H3,(H,17,20)(H,18,19). The molecule has 2 aromatic rings. The van der Waals surface area contributed by atoms with Crippen LogP contribution in [0.4, 0.5) is 0 Å². The van der Waals surface area contributed by atoms with Crippen molar-refractivity contribution in [1.29, 1.82) is 0 Å². The fourth-order valence-corrected chi connectivity index (χ4v) is 2.37. The van der Waals surface area contributed by atoms with Gasteiger partial charge in [-0.1, -0.05) is 19.1 Å². The van der Waals surface area contributed by atoms with Crippen molar-refractivity contribution < 1.29 is 9.53 Å². The molecule has 1 heterocycles. The summed E-state index contributed by atoms with van der Waals surface area (Å²) in [5.74, 6) is 0.711. The van der Waals surface area contributed by atoms with Crippen LogP contribution in [0.1, 0.15) is 46.7 Å². The van der Waals surface area contributed by atoms with Crippen LogP contribution in [0.5, 0.6) is 5.75 Å². The molecular weight excluding hydrogens is 266 g/mol. The van der Waals surface area contributed by atoms with Gasteiger partial charge in [0.15, 0.2) is 0 Å². The minimum atomic E-state index is -0.0959. The number of hydrogen-bond acceptors (Lipinski definition) is 3. The van der Waals surface area contributed by atoms with Gasteiger partial charge in [0.25, 0.3) is 5.91 Å². The van der Waals surface area contributed by atoms with Gasteiger partial charge in [0.1, 0.15) is 5.75 Å². The van der Waals surface area contributed by atoms with Crippen LogP contribution in [-0.2, 0) is 0 Å². The number of nitrogens with zero attached hydrogens (tertiary/aromatic N) is 1. The van der Waals surface area contributed by atoms with Crippen LogP contribution >= 0.6 is 0 Å². The Morgan fingerprint density at radius 3 is 2.48 bits per heavy atom. The zero-order valence-electron chi connectivity index (χ0n) is 12.9. The molecule has 1 amide bonds. The number of rotatable bonds is 5. The van der Waals surface area contributed by atoms with Crippen LogP contribution < -0.4 is 10.1 Å². The molecular formula is C16H21N3O2. The summed E-state index contributed by atoms with van der Waals surface area (Å²) in [7, 11) is 1.64. The maximum Gasteiger partial charge on any atom is 0.255 e. The van der Waals surface area contributed by atoms with Crippen LogP contribution in [0.2, 0.25) is 0 Å². The summed E-state index contributed by atoms with van der Waals surface area (Å²) in [6, 6.07) is 7.72. The fraction of sp³-hybridized carbons (Fsp3) is 0.375. The number of benzene rings is 1. The monoisotopic (exact) mass is 287 g/mol. The summed E-state index contributed by atoms with van der Waals surface area (Å²) in [6.45, 7) is 5.72. The van der Waals surface area contributed by atoms with Crippen molar-refractivity contribution in [3.63, 3.8) is 0 Å². The second-order valence-electron chi connectivity index (χ2n) is 5.02. The van der Waals surface area contributed by atoms with Gasteiger partial charge in [0.05, 0.1) is 24.4 Å². The number of aryl methyl sites for hydroxylation is 2. The highest BCUT2D eigenvalue weighted by Crippen LogP contribution is 2.21. The summed E-state index contributed by atoms with van der Waals surface area (Å²) < 4.78 is 5.15. The molecule has 0 spiro atoms. The Hall–Kier alpha value is -2.30. The third kappa shape index (κ3) is 3.24. The Labute approximate surface area is 124 Å². The van der Waals surface area contributed by atoms with Crippen LogP contribution in [0.15, 0.2) is 24.3 Å². The fourth-order valence-electron chi connectivity index (χ4n) is 2.37. The Bertz CT molecular complexity index is 597. The molecule has 2 rings (SSSR count). The Morgan fingerprint density at radius 2 is 2.00 bits per heavy atom. The molecule has 2 N–H and O–H groups in total. The van der Waals surface area contributed by atoms with Crippen LogP contribution in [0.25, 0.3) is 0 Å². The van der Waals surface area contributed by atoms with E-state index in [9.17, 15) is 4.79 Å². The lowest BCUT2D eigenvalue weighted by Crippen LogP contribution is -2.28. The first-order valence-electron chi connectivity index (χ1n) is 7.03. The molecule has 1 aromatic carbocycles. The van der Waals surface area contributed by atoms with Gasteiger partial charge in [0, 0.05) is 5.69 Å². The zero-order chi connectivity index (χ0) is 15.4. The second kappa shape index (κ2) is 6.43.